The molecule has 0 atom stereocenters. The zero-order valence-electron chi connectivity index (χ0n) is 10.4. The Balaban J connectivity index is 2.44. The third-order valence-electron chi connectivity index (χ3n) is 2.58. The van der Waals surface area contributed by atoms with Crippen LogP contribution in [0.25, 0.3) is 10.8 Å². The Labute approximate surface area is 113 Å². The second kappa shape index (κ2) is 5.98. The highest BCUT2D eigenvalue weighted by Crippen LogP contribution is 2.27. The van der Waals surface area contributed by atoms with Crippen molar-refractivity contribution in [2.24, 2.45) is 0 Å². The first-order valence-corrected chi connectivity index (χ1v) is 5.75. The number of carboxylic acid groups (broad SMARTS) is 1. The molecule has 1 aromatic heterocycles. The van der Waals surface area contributed by atoms with Crippen LogP contribution in [0.3, 0.4) is 0 Å². The molecule has 1 aromatic carbocycles. The van der Waals surface area contributed by atoms with Gasteiger partial charge in [-0.3, -0.25) is 9.59 Å². The molecule has 2 aromatic rings. The number of carbonyl (C=O) groups is 2. The molecule has 2 rings (SSSR count). The van der Waals surface area contributed by atoms with Gasteiger partial charge < -0.3 is 20.3 Å². The van der Waals surface area contributed by atoms with Gasteiger partial charge in [0.1, 0.15) is 6.54 Å². The van der Waals surface area contributed by atoms with Crippen molar-refractivity contribution < 1.29 is 24.5 Å². The van der Waals surface area contributed by atoms with Gasteiger partial charge in [-0.2, -0.15) is 0 Å². The second-order valence-corrected chi connectivity index (χ2v) is 3.87. The Morgan fingerprint density at radius 2 is 2.05 bits per heavy atom. The average Bonchev–Trinajstić information content (AvgIpc) is 2.45. The van der Waals surface area contributed by atoms with E-state index in [-0.39, 0.29) is 11.4 Å². The molecule has 0 saturated heterocycles. The summed E-state index contributed by atoms with van der Waals surface area (Å²) < 4.78 is 5.06. The van der Waals surface area contributed by atoms with Crippen molar-refractivity contribution in [3.05, 3.63) is 36.2 Å². The van der Waals surface area contributed by atoms with E-state index >= 15 is 0 Å². The van der Waals surface area contributed by atoms with E-state index in [1.54, 1.807) is 24.3 Å². The van der Waals surface area contributed by atoms with Gasteiger partial charge in [0.05, 0.1) is 0 Å². The summed E-state index contributed by atoms with van der Waals surface area (Å²) in [6.45, 7) is -1.14. The molecule has 0 spiro atoms. The minimum Gasteiger partial charge on any atom is -0.480 e. The lowest BCUT2D eigenvalue weighted by Gasteiger charge is -2.11. The molecule has 1 amide bonds. The van der Waals surface area contributed by atoms with Crippen LogP contribution < -0.4 is 10.1 Å². The van der Waals surface area contributed by atoms with Crippen LogP contribution in [0.2, 0.25) is 0 Å². The molecule has 0 bridgehead atoms. The molecule has 0 aliphatic heterocycles. The van der Waals surface area contributed by atoms with Crippen LogP contribution in [0.15, 0.2) is 30.5 Å². The predicted octanol–water partition coefficient (Wildman–Crippen LogP) is 0.378. The molecule has 0 fully saturated rings. The Hall–Kier alpha value is -2.67. The largest absolute Gasteiger partial charge is 0.480 e. The predicted molar refractivity (Wildman–Crippen MR) is 69.4 cm³/mol. The van der Waals surface area contributed by atoms with E-state index in [0.717, 1.165) is 5.39 Å². The summed E-state index contributed by atoms with van der Waals surface area (Å²) in [5.41, 5.74) is -0.0704. The highest BCUT2D eigenvalue weighted by molar-refractivity contribution is 6.02. The van der Waals surface area contributed by atoms with Crippen LogP contribution in [0.4, 0.5) is 0 Å². The molecule has 104 valence electrons. The van der Waals surface area contributed by atoms with E-state index in [2.05, 4.69) is 10.3 Å². The molecule has 0 saturated carbocycles. The monoisotopic (exact) mass is 276 g/mol. The van der Waals surface area contributed by atoms with Gasteiger partial charge in [-0.15, -0.1) is 0 Å². The SMILES string of the molecule is O=C(O)CNC(=O)c1ncc2ccccc2c1OCO. The molecule has 3 N–H and O–H groups in total. The topological polar surface area (TPSA) is 109 Å². The first-order valence-electron chi connectivity index (χ1n) is 5.75. The fraction of sp³-hybridized carbons (Fsp3) is 0.154. The number of benzene rings is 1. The summed E-state index contributed by atoms with van der Waals surface area (Å²) in [6.07, 6.45) is 1.48. The van der Waals surface area contributed by atoms with Crippen molar-refractivity contribution in [2.75, 3.05) is 13.3 Å². The number of carbonyl (C=O) groups excluding carboxylic acids is 1. The van der Waals surface area contributed by atoms with Crippen molar-refractivity contribution in [2.45, 2.75) is 0 Å². The number of aliphatic hydroxyl groups excluding tert-OH is 1. The van der Waals surface area contributed by atoms with Crippen molar-refractivity contribution in [1.29, 1.82) is 0 Å². The number of carboxylic acids is 1. The van der Waals surface area contributed by atoms with Gasteiger partial charge in [0.15, 0.2) is 18.2 Å². The first kappa shape index (κ1) is 13.8. The molecule has 7 heteroatoms. The smallest absolute Gasteiger partial charge is 0.322 e. The zero-order valence-corrected chi connectivity index (χ0v) is 10.4. The van der Waals surface area contributed by atoms with Gasteiger partial charge in [-0.05, 0) is 0 Å². The molecular formula is C13H12N2O5. The van der Waals surface area contributed by atoms with Gasteiger partial charge in [-0.1, -0.05) is 24.3 Å². The summed E-state index contributed by atoms with van der Waals surface area (Å²) >= 11 is 0. The number of hydrogen-bond donors (Lipinski definition) is 3. The Bertz CT molecular complexity index is 656. The molecule has 20 heavy (non-hydrogen) atoms. The van der Waals surface area contributed by atoms with E-state index in [0.29, 0.717) is 5.39 Å². The van der Waals surface area contributed by atoms with Gasteiger partial charge in [0.2, 0.25) is 0 Å². The van der Waals surface area contributed by atoms with E-state index < -0.39 is 25.2 Å². The lowest BCUT2D eigenvalue weighted by Crippen LogP contribution is -2.30. The summed E-state index contributed by atoms with van der Waals surface area (Å²) in [6, 6.07) is 7.06. The maximum absolute atomic E-state index is 11.9. The Morgan fingerprint density at radius 1 is 1.30 bits per heavy atom. The Kier molecular flexibility index (Phi) is 4.11. The van der Waals surface area contributed by atoms with Crippen LogP contribution in [-0.4, -0.2) is 40.4 Å². The molecule has 0 unspecified atom stereocenters. The second-order valence-electron chi connectivity index (χ2n) is 3.87. The van der Waals surface area contributed by atoms with E-state index in [9.17, 15) is 9.59 Å². The number of nitrogens with zero attached hydrogens (tertiary/aromatic N) is 1. The van der Waals surface area contributed by atoms with E-state index in [1.807, 2.05) is 0 Å². The number of nitrogens with one attached hydrogen (secondary N) is 1. The lowest BCUT2D eigenvalue weighted by molar-refractivity contribution is -0.135. The summed E-state index contributed by atoms with van der Waals surface area (Å²) in [7, 11) is 0. The molecule has 1 heterocycles. The lowest BCUT2D eigenvalue weighted by atomic mass is 10.1. The van der Waals surface area contributed by atoms with Crippen molar-refractivity contribution in [3.8, 4) is 5.75 Å². The minimum absolute atomic E-state index is 0.0704. The van der Waals surface area contributed by atoms with Crippen LogP contribution in [0, 0.1) is 0 Å². The zero-order chi connectivity index (χ0) is 14.5. The van der Waals surface area contributed by atoms with Crippen molar-refractivity contribution >= 4 is 22.6 Å². The summed E-state index contributed by atoms with van der Waals surface area (Å²) in [4.78, 5) is 26.3. The molecule has 0 radical (unpaired) electrons. The van der Waals surface area contributed by atoms with Gasteiger partial charge in [0.25, 0.3) is 5.91 Å². The van der Waals surface area contributed by atoms with Crippen LogP contribution in [0.5, 0.6) is 5.75 Å². The van der Waals surface area contributed by atoms with Crippen molar-refractivity contribution in [3.63, 3.8) is 0 Å². The fourth-order valence-corrected chi connectivity index (χ4v) is 1.75. The Morgan fingerprint density at radius 3 is 2.75 bits per heavy atom. The summed E-state index contributed by atoms with van der Waals surface area (Å²) in [5.74, 6) is -1.72. The maximum atomic E-state index is 11.9. The number of aromatic nitrogens is 1. The number of ether oxygens (including phenoxy) is 1. The van der Waals surface area contributed by atoms with Crippen LogP contribution in [0.1, 0.15) is 10.5 Å². The number of pyridine rings is 1. The average molecular weight is 276 g/mol. The van der Waals surface area contributed by atoms with Gasteiger partial charge in [-0.25, -0.2) is 4.98 Å². The minimum atomic E-state index is -1.16. The highest BCUT2D eigenvalue weighted by atomic mass is 16.6. The van der Waals surface area contributed by atoms with Crippen molar-refractivity contribution in [1.82, 2.24) is 10.3 Å². The molecule has 0 aliphatic rings. The number of aliphatic carboxylic acids is 1. The molecule has 0 aliphatic carbocycles. The summed E-state index contributed by atoms with van der Waals surface area (Å²) in [5, 5.41) is 21.0. The number of amides is 1. The van der Waals surface area contributed by atoms with E-state index in [4.69, 9.17) is 14.9 Å². The quantitative estimate of drug-likeness (QED) is 0.681. The number of hydrogen-bond acceptors (Lipinski definition) is 5. The van der Waals surface area contributed by atoms with E-state index in [1.165, 1.54) is 6.20 Å². The normalized spacial score (nSPS) is 10.2. The van der Waals surface area contributed by atoms with Crippen LogP contribution in [-0.2, 0) is 4.79 Å². The highest BCUT2D eigenvalue weighted by Gasteiger charge is 2.18. The number of rotatable bonds is 5. The van der Waals surface area contributed by atoms with Crippen LogP contribution >= 0.6 is 0 Å². The third-order valence-corrected chi connectivity index (χ3v) is 2.58. The first-order chi connectivity index (χ1) is 9.63. The maximum Gasteiger partial charge on any atom is 0.322 e. The number of fused-ring (bicyclic) bond motifs is 1. The third kappa shape index (κ3) is 2.83. The van der Waals surface area contributed by atoms with Gasteiger partial charge in [0, 0.05) is 17.0 Å². The fourth-order valence-electron chi connectivity index (χ4n) is 1.75. The standard InChI is InChI=1S/C13H12N2O5/c16-7-20-12-9-4-2-1-3-8(9)5-14-11(12)13(19)15-6-10(17)18/h1-5,16H,6-7H2,(H,15,19)(H,17,18). The molecular weight excluding hydrogens is 264 g/mol. The number of aliphatic hydroxyl groups is 1. The molecule has 7 nitrogen and oxygen atoms in total. The van der Waals surface area contributed by atoms with Gasteiger partial charge >= 0.3 is 5.97 Å².